The lowest BCUT2D eigenvalue weighted by Gasteiger charge is -2.17. The number of hydrogen-bond donors (Lipinski definition) is 2. The van der Waals surface area contributed by atoms with Crippen LogP contribution >= 0.6 is 23.4 Å². The maximum Gasteiger partial charge on any atom is 0.275 e. The van der Waals surface area contributed by atoms with Crippen molar-refractivity contribution in [2.45, 2.75) is 30.3 Å². The molecule has 3 rings (SSSR count). The van der Waals surface area contributed by atoms with Gasteiger partial charge in [0.15, 0.2) is 5.16 Å². The number of rotatable bonds is 7. The second kappa shape index (κ2) is 9.62. The van der Waals surface area contributed by atoms with Gasteiger partial charge in [-0.1, -0.05) is 53.7 Å². The number of benzene rings is 2. The summed E-state index contributed by atoms with van der Waals surface area (Å²) in [6.45, 7) is 2.31. The minimum Gasteiger partial charge on any atom is -0.385 e. The Hall–Kier alpha value is -2.77. The minimum absolute atomic E-state index is 0.205. The number of anilines is 2. The van der Waals surface area contributed by atoms with Gasteiger partial charge in [0.2, 0.25) is 5.91 Å². The van der Waals surface area contributed by atoms with Gasteiger partial charge in [-0.15, -0.1) is 0 Å². The van der Waals surface area contributed by atoms with Gasteiger partial charge in [-0.05, 0) is 43.2 Å². The number of nitrogens with one attached hydrogen (secondary N) is 1. The first kappa shape index (κ1) is 21.0. The Morgan fingerprint density at radius 1 is 1.21 bits per heavy atom. The first-order valence-corrected chi connectivity index (χ1v) is 10.3. The largest absolute Gasteiger partial charge is 0.385 e. The number of nitrogens with zero attached hydrogens (tertiary/aromatic N) is 2. The molecule has 6 nitrogen and oxygen atoms in total. The molecule has 0 spiro atoms. The van der Waals surface area contributed by atoms with Gasteiger partial charge in [0.05, 0.1) is 5.25 Å². The van der Waals surface area contributed by atoms with E-state index in [2.05, 4.69) is 10.3 Å². The summed E-state index contributed by atoms with van der Waals surface area (Å²) in [7, 11) is 0. The van der Waals surface area contributed by atoms with Gasteiger partial charge in [-0.3, -0.25) is 9.59 Å². The summed E-state index contributed by atoms with van der Waals surface area (Å²) in [4.78, 5) is 28.5. The summed E-state index contributed by atoms with van der Waals surface area (Å²) in [5.41, 5.74) is 7.44. The van der Waals surface area contributed by atoms with Crippen LogP contribution < -0.4 is 16.6 Å². The van der Waals surface area contributed by atoms with Crippen LogP contribution in [0.2, 0.25) is 5.02 Å². The molecule has 0 radical (unpaired) electrons. The van der Waals surface area contributed by atoms with E-state index in [1.54, 1.807) is 35.8 Å². The van der Waals surface area contributed by atoms with Crippen LogP contribution in [0.4, 0.5) is 11.5 Å². The van der Waals surface area contributed by atoms with Gasteiger partial charge in [-0.25, -0.2) is 0 Å². The second-order valence-corrected chi connectivity index (χ2v) is 8.19. The van der Waals surface area contributed by atoms with E-state index in [9.17, 15) is 9.59 Å². The Morgan fingerprint density at radius 3 is 2.59 bits per heavy atom. The highest BCUT2D eigenvalue weighted by atomic mass is 35.5. The average Bonchev–Trinajstić information content (AvgIpc) is 2.69. The molecule has 0 unspecified atom stereocenters. The van der Waals surface area contributed by atoms with Gasteiger partial charge in [-0.2, -0.15) is 4.98 Å². The van der Waals surface area contributed by atoms with Crippen LogP contribution in [0.1, 0.15) is 12.5 Å². The van der Waals surface area contributed by atoms with Gasteiger partial charge < -0.3 is 15.6 Å². The van der Waals surface area contributed by atoms with Gasteiger partial charge in [0, 0.05) is 23.3 Å². The zero-order valence-corrected chi connectivity index (χ0v) is 17.4. The van der Waals surface area contributed by atoms with Crippen LogP contribution in [0.15, 0.2) is 70.6 Å². The third kappa shape index (κ3) is 5.85. The van der Waals surface area contributed by atoms with Crippen molar-refractivity contribution in [2.75, 3.05) is 11.1 Å². The van der Waals surface area contributed by atoms with Crippen molar-refractivity contribution in [3.8, 4) is 0 Å². The third-order valence-electron chi connectivity index (χ3n) is 4.25. The lowest BCUT2D eigenvalue weighted by Crippen LogP contribution is -2.25. The van der Waals surface area contributed by atoms with Gasteiger partial charge in [0.1, 0.15) is 5.82 Å². The molecule has 0 saturated carbocycles. The number of halogens is 1. The zero-order chi connectivity index (χ0) is 20.8. The lowest BCUT2D eigenvalue weighted by atomic mass is 10.1. The van der Waals surface area contributed by atoms with Crippen LogP contribution in [-0.4, -0.2) is 20.7 Å². The van der Waals surface area contributed by atoms with Crippen LogP contribution in [0.5, 0.6) is 0 Å². The monoisotopic (exact) mass is 428 g/mol. The number of thioether (sulfide) groups is 1. The van der Waals surface area contributed by atoms with E-state index in [1.165, 1.54) is 17.8 Å². The van der Waals surface area contributed by atoms with E-state index in [1.807, 2.05) is 30.3 Å². The number of aryl methyl sites for hydroxylation is 1. The van der Waals surface area contributed by atoms with E-state index >= 15 is 0 Å². The molecule has 1 amide bonds. The Bertz CT molecular complexity index is 1040. The SMILES string of the molecule is C[C@H](Sc1nc(=O)cc(N)n1CCc1ccccc1)C(=O)Nc1ccc(Cl)cc1. The molecule has 1 atom stereocenters. The molecule has 29 heavy (non-hydrogen) atoms. The fourth-order valence-corrected chi connectivity index (χ4v) is 3.77. The molecule has 3 N–H and O–H groups in total. The van der Waals surface area contributed by atoms with Crippen molar-refractivity contribution < 1.29 is 4.79 Å². The summed E-state index contributed by atoms with van der Waals surface area (Å²) >= 11 is 7.07. The third-order valence-corrected chi connectivity index (χ3v) is 5.59. The number of nitrogen functional groups attached to an aromatic ring is 1. The predicted molar refractivity (Wildman–Crippen MR) is 118 cm³/mol. The molecule has 1 aromatic heterocycles. The number of amides is 1. The summed E-state index contributed by atoms with van der Waals surface area (Å²) in [5.74, 6) is 0.123. The van der Waals surface area contributed by atoms with E-state index in [0.717, 1.165) is 12.0 Å². The number of carbonyl (C=O) groups is 1. The van der Waals surface area contributed by atoms with Crippen LogP contribution in [0, 0.1) is 0 Å². The van der Waals surface area contributed by atoms with Crippen LogP contribution in [0.3, 0.4) is 0 Å². The molecular formula is C21H21ClN4O2S. The molecule has 8 heteroatoms. The molecule has 0 aliphatic heterocycles. The first-order chi connectivity index (χ1) is 13.9. The molecule has 0 aliphatic carbocycles. The molecule has 150 valence electrons. The van der Waals surface area contributed by atoms with Crippen molar-refractivity contribution in [1.82, 2.24) is 9.55 Å². The highest BCUT2D eigenvalue weighted by Crippen LogP contribution is 2.24. The average molecular weight is 429 g/mol. The minimum atomic E-state index is -0.484. The predicted octanol–water partition coefficient (Wildman–Crippen LogP) is 3.84. The van der Waals surface area contributed by atoms with Crippen molar-refractivity contribution in [2.24, 2.45) is 0 Å². The Balaban J connectivity index is 1.73. The summed E-state index contributed by atoms with van der Waals surface area (Å²) in [6, 6.07) is 18.1. The first-order valence-electron chi connectivity index (χ1n) is 9.07. The quantitative estimate of drug-likeness (QED) is 0.440. The Labute approximate surface area is 178 Å². The molecule has 0 bridgehead atoms. The number of nitrogens with two attached hydrogens (primary N) is 1. The number of carbonyl (C=O) groups excluding carboxylic acids is 1. The fourth-order valence-electron chi connectivity index (χ4n) is 2.69. The molecular weight excluding hydrogens is 408 g/mol. The summed E-state index contributed by atoms with van der Waals surface area (Å²) in [6.07, 6.45) is 0.731. The van der Waals surface area contributed by atoms with Gasteiger partial charge >= 0.3 is 0 Å². The van der Waals surface area contributed by atoms with E-state index < -0.39 is 10.8 Å². The lowest BCUT2D eigenvalue weighted by molar-refractivity contribution is -0.115. The standard InChI is InChI=1S/C21H21ClN4O2S/c1-14(20(28)24-17-9-7-16(22)8-10-17)29-21-25-19(27)13-18(23)26(21)12-11-15-5-3-2-4-6-15/h2-10,13-14H,11-12,23H2,1H3,(H,24,28)/t14-/m0/s1. The van der Waals surface area contributed by atoms with Crippen molar-refractivity contribution >= 4 is 40.8 Å². The number of hydrogen-bond acceptors (Lipinski definition) is 5. The smallest absolute Gasteiger partial charge is 0.275 e. The normalized spacial score (nSPS) is 11.8. The second-order valence-electron chi connectivity index (χ2n) is 6.45. The Kier molecular flexibility index (Phi) is 6.95. The molecule has 3 aromatic rings. The van der Waals surface area contributed by atoms with E-state index in [-0.39, 0.29) is 5.91 Å². The Morgan fingerprint density at radius 2 is 1.90 bits per heavy atom. The molecule has 2 aromatic carbocycles. The van der Waals surface area contributed by atoms with Crippen molar-refractivity contribution in [3.05, 3.63) is 81.6 Å². The highest BCUT2D eigenvalue weighted by Gasteiger charge is 2.19. The summed E-state index contributed by atoms with van der Waals surface area (Å²) < 4.78 is 1.77. The van der Waals surface area contributed by atoms with Crippen molar-refractivity contribution in [1.29, 1.82) is 0 Å². The fraction of sp³-hybridized carbons (Fsp3) is 0.190. The number of aromatic nitrogens is 2. The highest BCUT2D eigenvalue weighted by molar-refractivity contribution is 8.00. The maximum atomic E-state index is 12.6. The van der Waals surface area contributed by atoms with Gasteiger partial charge in [0.25, 0.3) is 5.56 Å². The van der Waals surface area contributed by atoms with Crippen LogP contribution in [-0.2, 0) is 17.8 Å². The zero-order valence-electron chi connectivity index (χ0n) is 15.8. The van der Waals surface area contributed by atoms with Crippen molar-refractivity contribution in [3.63, 3.8) is 0 Å². The molecule has 0 fully saturated rings. The van der Waals surface area contributed by atoms with E-state index in [4.69, 9.17) is 17.3 Å². The molecule has 0 aliphatic rings. The van der Waals surface area contributed by atoms with Crippen LogP contribution in [0.25, 0.3) is 0 Å². The summed E-state index contributed by atoms with van der Waals surface area (Å²) in [5, 5.41) is 3.36. The van der Waals surface area contributed by atoms with E-state index in [0.29, 0.717) is 28.2 Å². The topological polar surface area (TPSA) is 90.0 Å². The maximum absolute atomic E-state index is 12.6. The molecule has 0 saturated heterocycles. The molecule has 1 heterocycles.